The lowest BCUT2D eigenvalue weighted by molar-refractivity contribution is -0.164. The highest BCUT2D eigenvalue weighted by molar-refractivity contribution is 5.93. The van der Waals surface area contributed by atoms with Gasteiger partial charge in [0.2, 0.25) is 12.2 Å². The topological polar surface area (TPSA) is 129 Å². The molecule has 0 spiro atoms. The van der Waals surface area contributed by atoms with Crippen LogP contribution in [0, 0.1) is 5.41 Å². The number of alkyl carbamates (subject to hydrolysis) is 1. The number of aryl methyl sites for hydroxylation is 1. The predicted molar refractivity (Wildman–Crippen MR) is 92.5 cm³/mol. The number of carbonyl (C=O) groups excluding carboxylic acids is 2. The molecule has 0 fully saturated rings. The average molecular weight is 365 g/mol. The molecule has 142 valence electrons. The highest BCUT2D eigenvalue weighted by Gasteiger charge is 2.22. The fourth-order valence-electron chi connectivity index (χ4n) is 1.88. The van der Waals surface area contributed by atoms with Crippen LogP contribution < -0.4 is 5.32 Å². The zero-order valence-electron chi connectivity index (χ0n) is 14.9. The summed E-state index contributed by atoms with van der Waals surface area (Å²) in [5.74, 6) is -2.12. The third kappa shape index (κ3) is 7.20. The SMILES string of the molecule is CC(OC(=O)CCc1ccccc1)OC(=O)NC(=N)N(C)C(C)C(=O)O. The first-order valence-corrected chi connectivity index (χ1v) is 7.96. The minimum Gasteiger partial charge on any atom is -0.480 e. The standard InChI is InChI=1S/C17H23N3O6/c1-11(15(22)23)20(3)16(18)19-17(24)26-12(2)25-14(21)10-9-13-7-5-4-6-8-13/h4-8,11-12H,9-10H2,1-3H3,(H,22,23)(H2,18,19,24). The summed E-state index contributed by atoms with van der Waals surface area (Å²) in [4.78, 5) is 35.3. The zero-order valence-corrected chi connectivity index (χ0v) is 14.9. The minimum absolute atomic E-state index is 0.133. The van der Waals surface area contributed by atoms with Gasteiger partial charge in [-0.15, -0.1) is 0 Å². The summed E-state index contributed by atoms with van der Waals surface area (Å²) in [6, 6.07) is 8.39. The van der Waals surface area contributed by atoms with Crippen LogP contribution in [0.2, 0.25) is 0 Å². The van der Waals surface area contributed by atoms with Crippen LogP contribution in [0.25, 0.3) is 0 Å². The highest BCUT2D eigenvalue weighted by atomic mass is 16.7. The van der Waals surface area contributed by atoms with E-state index in [1.165, 1.54) is 20.9 Å². The molecule has 2 unspecified atom stereocenters. The van der Waals surface area contributed by atoms with Gasteiger partial charge in [-0.25, -0.2) is 9.59 Å². The number of ether oxygens (including phenoxy) is 2. The number of carboxylic acid groups (broad SMARTS) is 1. The Hall–Kier alpha value is -3.10. The second kappa shape index (κ2) is 10.0. The summed E-state index contributed by atoms with van der Waals surface area (Å²) in [7, 11) is 1.34. The molecule has 1 amide bonds. The number of amides is 1. The van der Waals surface area contributed by atoms with Gasteiger partial charge in [0.25, 0.3) is 0 Å². The van der Waals surface area contributed by atoms with Gasteiger partial charge in [0.05, 0.1) is 0 Å². The number of hydrogen-bond acceptors (Lipinski definition) is 6. The van der Waals surface area contributed by atoms with E-state index in [2.05, 4.69) is 5.32 Å². The van der Waals surface area contributed by atoms with Gasteiger partial charge in [0.1, 0.15) is 6.04 Å². The fraction of sp³-hybridized carbons (Fsp3) is 0.412. The van der Waals surface area contributed by atoms with E-state index in [9.17, 15) is 14.4 Å². The van der Waals surface area contributed by atoms with Crippen molar-refractivity contribution in [2.45, 2.75) is 39.0 Å². The number of carboxylic acids is 1. The molecule has 0 aliphatic rings. The third-order valence-electron chi connectivity index (χ3n) is 3.54. The highest BCUT2D eigenvalue weighted by Crippen LogP contribution is 2.05. The first-order chi connectivity index (χ1) is 12.2. The van der Waals surface area contributed by atoms with E-state index in [1.807, 2.05) is 30.3 Å². The maximum absolute atomic E-state index is 11.8. The van der Waals surface area contributed by atoms with E-state index in [1.54, 1.807) is 0 Å². The van der Waals surface area contributed by atoms with Crippen molar-refractivity contribution in [1.29, 1.82) is 5.41 Å². The van der Waals surface area contributed by atoms with Crippen molar-refractivity contribution in [2.24, 2.45) is 0 Å². The van der Waals surface area contributed by atoms with Crippen LogP contribution >= 0.6 is 0 Å². The Morgan fingerprint density at radius 1 is 1.19 bits per heavy atom. The monoisotopic (exact) mass is 365 g/mol. The van der Waals surface area contributed by atoms with E-state index >= 15 is 0 Å². The van der Waals surface area contributed by atoms with Crippen molar-refractivity contribution in [3.8, 4) is 0 Å². The largest absolute Gasteiger partial charge is 0.480 e. The van der Waals surface area contributed by atoms with E-state index in [4.69, 9.17) is 20.0 Å². The van der Waals surface area contributed by atoms with Gasteiger partial charge in [-0.05, 0) is 18.9 Å². The number of aliphatic carboxylic acids is 1. The first-order valence-electron chi connectivity index (χ1n) is 7.96. The summed E-state index contributed by atoms with van der Waals surface area (Å²) >= 11 is 0. The van der Waals surface area contributed by atoms with Gasteiger partial charge in [-0.3, -0.25) is 15.5 Å². The summed E-state index contributed by atoms with van der Waals surface area (Å²) in [6.45, 7) is 2.73. The molecule has 9 heteroatoms. The van der Waals surface area contributed by atoms with Gasteiger partial charge in [-0.2, -0.15) is 0 Å². The zero-order chi connectivity index (χ0) is 19.7. The molecule has 0 saturated carbocycles. The van der Waals surface area contributed by atoms with Crippen LogP contribution in [0.4, 0.5) is 4.79 Å². The second-order valence-electron chi connectivity index (χ2n) is 5.55. The Morgan fingerprint density at radius 2 is 1.81 bits per heavy atom. The number of nitrogens with zero attached hydrogens (tertiary/aromatic N) is 1. The number of likely N-dealkylation sites (N-methyl/N-ethyl adjacent to an activating group) is 1. The van der Waals surface area contributed by atoms with Crippen LogP contribution in [0.3, 0.4) is 0 Å². The minimum atomic E-state index is -1.15. The molecular weight excluding hydrogens is 342 g/mol. The van der Waals surface area contributed by atoms with Gasteiger partial charge >= 0.3 is 18.0 Å². The summed E-state index contributed by atoms with van der Waals surface area (Å²) in [6.07, 6.45) is -1.54. The Morgan fingerprint density at radius 3 is 2.38 bits per heavy atom. The number of hydrogen-bond donors (Lipinski definition) is 3. The molecule has 0 aliphatic carbocycles. The summed E-state index contributed by atoms with van der Waals surface area (Å²) < 4.78 is 9.80. The molecule has 0 aliphatic heterocycles. The second-order valence-corrected chi connectivity index (χ2v) is 5.55. The molecular formula is C17H23N3O6. The fourth-order valence-corrected chi connectivity index (χ4v) is 1.88. The third-order valence-corrected chi connectivity index (χ3v) is 3.54. The van der Waals surface area contributed by atoms with Crippen LogP contribution in [-0.4, -0.2) is 53.4 Å². The Balaban J connectivity index is 2.36. The molecule has 2 atom stereocenters. The number of benzene rings is 1. The van der Waals surface area contributed by atoms with E-state index < -0.39 is 36.3 Å². The Kier molecular flexibility index (Phi) is 8.07. The van der Waals surface area contributed by atoms with Crippen molar-refractivity contribution in [1.82, 2.24) is 10.2 Å². The summed E-state index contributed by atoms with van der Waals surface area (Å²) in [5.41, 5.74) is 0.986. The normalized spacial score (nSPS) is 12.4. The van der Waals surface area contributed by atoms with E-state index in [-0.39, 0.29) is 6.42 Å². The lowest BCUT2D eigenvalue weighted by Crippen LogP contribution is -2.48. The molecule has 0 bridgehead atoms. The number of esters is 1. The molecule has 0 heterocycles. The van der Waals surface area contributed by atoms with Crippen molar-refractivity contribution in [3.05, 3.63) is 35.9 Å². The molecule has 1 aromatic carbocycles. The molecule has 0 saturated heterocycles. The number of guanidine groups is 1. The van der Waals surface area contributed by atoms with E-state index in [0.717, 1.165) is 10.5 Å². The van der Waals surface area contributed by atoms with Crippen molar-refractivity contribution >= 4 is 24.0 Å². The first kappa shape index (κ1) is 20.9. The molecule has 26 heavy (non-hydrogen) atoms. The number of rotatable bonds is 7. The predicted octanol–water partition coefficient (Wildman–Crippen LogP) is 1.57. The van der Waals surface area contributed by atoms with Gasteiger partial charge < -0.3 is 19.5 Å². The molecule has 0 radical (unpaired) electrons. The Bertz CT molecular complexity index is 649. The summed E-state index contributed by atoms with van der Waals surface area (Å²) in [5, 5.41) is 18.6. The van der Waals surface area contributed by atoms with E-state index in [0.29, 0.717) is 6.42 Å². The molecule has 1 rings (SSSR count). The van der Waals surface area contributed by atoms with Crippen molar-refractivity contribution in [3.63, 3.8) is 0 Å². The van der Waals surface area contributed by atoms with Gasteiger partial charge in [0.15, 0.2) is 0 Å². The average Bonchev–Trinajstić information content (AvgIpc) is 2.59. The molecule has 1 aromatic rings. The van der Waals surface area contributed by atoms with Crippen LogP contribution in [0.5, 0.6) is 0 Å². The molecule has 9 nitrogen and oxygen atoms in total. The van der Waals surface area contributed by atoms with Gasteiger partial charge in [0, 0.05) is 20.4 Å². The maximum atomic E-state index is 11.8. The smallest absolute Gasteiger partial charge is 0.417 e. The number of carbonyl (C=O) groups is 3. The quantitative estimate of drug-likeness (QED) is 0.289. The maximum Gasteiger partial charge on any atom is 0.417 e. The van der Waals surface area contributed by atoms with Crippen molar-refractivity contribution in [2.75, 3.05) is 7.05 Å². The van der Waals surface area contributed by atoms with Crippen LogP contribution in [-0.2, 0) is 25.5 Å². The molecule has 3 N–H and O–H groups in total. The lowest BCUT2D eigenvalue weighted by Gasteiger charge is -2.24. The van der Waals surface area contributed by atoms with Crippen LogP contribution in [0.15, 0.2) is 30.3 Å². The van der Waals surface area contributed by atoms with Crippen molar-refractivity contribution < 1.29 is 29.0 Å². The Labute approximate surface area is 151 Å². The number of nitrogens with one attached hydrogen (secondary N) is 2. The van der Waals surface area contributed by atoms with Gasteiger partial charge in [-0.1, -0.05) is 30.3 Å². The van der Waals surface area contributed by atoms with Crippen LogP contribution in [0.1, 0.15) is 25.8 Å². The molecule has 0 aromatic heterocycles. The lowest BCUT2D eigenvalue weighted by atomic mass is 10.1.